The van der Waals surface area contributed by atoms with E-state index in [2.05, 4.69) is 5.32 Å². The van der Waals surface area contributed by atoms with Crippen molar-refractivity contribution in [1.29, 1.82) is 0 Å². The van der Waals surface area contributed by atoms with Crippen LogP contribution < -0.4 is 10.9 Å². The molecule has 0 spiro atoms. The lowest BCUT2D eigenvalue weighted by atomic mass is 9.90. The van der Waals surface area contributed by atoms with Crippen LogP contribution in [0.25, 0.3) is 32.8 Å². The van der Waals surface area contributed by atoms with Crippen LogP contribution in [0.15, 0.2) is 77.6 Å². The molecule has 7 nitrogen and oxygen atoms in total. The number of pyridine rings is 1. The normalized spacial score (nSPS) is 15.5. The van der Waals surface area contributed by atoms with Crippen LogP contribution in [0.1, 0.15) is 45.5 Å². The van der Waals surface area contributed by atoms with Crippen molar-refractivity contribution >= 4 is 33.6 Å². The van der Waals surface area contributed by atoms with Gasteiger partial charge < -0.3 is 19.9 Å². The summed E-state index contributed by atoms with van der Waals surface area (Å²) >= 11 is 0. The van der Waals surface area contributed by atoms with Gasteiger partial charge in [-0.3, -0.25) is 9.59 Å². The second-order valence-electron chi connectivity index (χ2n) is 13.2. The molecule has 2 N–H and O–H groups in total. The highest BCUT2D eigenvalue weighted by Gasteiger charge is 2.39. The average Bonchev–Trinajstić information content (AvgIpc) is 3.08. The number of hydrogen-bond acceptors (Lipinski definition) is 4. The molecule has 272 valence electrons. The van der Waals surface area contributed by atoms with Gasteiger partial charge in [0.05, 0.1) is 22.2 Å². The molecule has 1 amide bonds. The van der Waals surface area contributed by atoms with E-state index in [-0.39, 0.29) is 59.8 Å². The highest BCUT2D eigenvalue weighted by molar-refractivity contribution is 6.02. The summed E-state index contributed by atoms with van der Waals surface area (Å²) < 4.78 is 88.4. The number of likely N-dealkylation sites (tertiary alicyclic amines) is 1. The second-order valence-corrected chi connectivity index (χ2v) is 13.2. The van der Waals surface area contributed by atoms with Crippen LogP contribution >= 0.6 is 0 Å². The largest absolute Gasteiger partial charge is 0.480 e. The van der Waals surface area contributed by atoms with Gasteiger partial charge in [0.15, 0.2) is 0 Å². The van der Waals surface area contributed by atoms with Gasteiger partial charge in [-0.2, -0.15) is 13.2 Å². The summed E-state index contributed by atoms with van der Waals surface area (Å²) in [6, 6.07) is 16.1. The Labute approximate surface area is 294 Å². The van der Waals surface area contributed by atoms with Crippen molar-refractivity contribution < 1.29 is 41.0 Å². The first-order valence-electron chi connectivity index (χ1n) is 16.7. The number of halogens is 6. The van der Waals surface area contributed by atoms with Gasteiger partial charge in [-0.05, 0) is 64.6 Å². The molecular weight excluding hydrogens is 688 g/mol. The minimum absolute atomic E-state index is 0.0216. The molecule has 1 fully saturated rings. The summed E-state index contributed by atoms with van der Waals surface area (Å²) in [5, 5.41) is 12.8. The number of benzene rings is 4. The molecule has 1 aromatic heterocycles. The van der Waals surface area contributed by atoms with Gasteiger partial charge in [0.1, 0.15) is 11.9 Å². The molecule has 1 aliphatic rings. The van der Waals surface area contributed by atoms with Gasteiger partial charge in [0.2, 0.25) is 0 Å². The zero-order chi connectivity index (χ0) is 37.5. The number of nitrogens with one attached hydrogen (secondary N) is 1. The molecule has 1 saturated heterocycles. The molecule has 13 heteroatoms. The first-order valence-corrected chi connectivity index (χ1v) is 16.7. The fraction of sp³-hybridized carbons (Fsp3) is 0.308. The van der Waals surface area contributed by atoms with Crippen LogP contribution in [0.2, 0.25) is 0 Å². The Bertz CT molecular complexity index is 2240. The molecule has 52 heavy (non-hydrogen) atoms. The lowest BCUT2D eigenvalue weighted by molar-refractivity contribution is -0.139. The van der Waals surface area contributed by atoms with E-state index >= 15 is 13.2 Å². The van der Waals surface area contributed by atoms with Crippen LogP contribution in [-0.4, -0.2) is 58.0 Å². The predicted molar refractivity (Wildman–Crippen MR) is 185 cm³/mol. The van der Waals surface area contributed by atoms with Crippen molar-refractivity contribution in [2.45, 2.75) is 50.7 Å². The fourth-order valence-electron chi connectivity index (χ4n) is 7.03. The third-order valence-electron chi connectivity index (χ3n) is 9.81. The Hall–Kier alpha value is -5.17. The Balaban J connectivity index is 1.41. The first-order chi connectivity index (χ1) is 24.6. The van der Waals surface area contributed by atoms with Gasteiger partial charge in [-0.1, -0.05) is 54.6 Å². The molecule has 0 aliphatic carbocycles. The number of nitrogens with zero attached hydrogens (tertiary/aromatic N) is 2. The van der Waals surface area contributed by atoms with Gasteiger partial charge in [-0.25, -0.2) is 18.0 Å². The lowest BCUT2D eigenvalue weighted by Gasteiger charge is -2.31. The van der Waals surface area contributed by atoms with E-state index in [0.29, 0.717) is 35.0 Å². The van der Waals surface area contributed by atoms with Crippen molar-refractivity contribution in [3.8, 4) is 11.1 Å². The molecule has 0 unspecified atom stereocenters. The highest BCUT2D eigenvalue weighted by atomic mass is 19.4. The second kappa shape index (κ2) is 14.1. The number of rotatable bonds is 9. The molecule has 1 aliphatic heterocycles. The third kappa shape index (κ3) is 7.27. The Morgan fingerprint density at radius 2 is 1.62 bits per heavy atom. The lowest BCUT2D eigenvalue weighted by Crippen LogP contribution is -2.42. The van der Waals surface area contributed by atoms with E-state index in [1.54, 1.807) is 18.2 Å². The third-order valence-corrected chi connectivity index (χ3v) is 9.81. The SMILES string of the molecule is Cc1cccc(F)c1C(=O)N[C@@H](Cc1cccc2c(-c3c(C(F)(F)F)c4cc(CCN5CCC(F)(F)CC5)ccc4n(C)c3=O)cccc12)C(=O)O. The molecule has 2 heterocycles. The number of fused-ring (bicyclic) bond motifs is 2. The molecule has 1 atom stereocenters. The van der Waals surface area contributed by atoms with Crippen molar-refractivity contribution in [2.24, 2.45) is 7.05 Å². The number of carboxylic acids is 1. The molecule has 0 radical (unpaired) electrons. The first kappa shape index (κ1) is 36.6. The number of aliphatic carboxylic acids is 1. The van der Waals surface area contributed by atoms with Crippen molar-refractivity contribution in [1.82, 2.24) is 14.8 Å². The summed E-state index contributed by atoms with van der Waals surface area (Å²) in [5.74, 6) is -5.89. The molecule has 0 saturated carbocycles. The molecular formula is C39H35F6N3O4. The van der Waals surface area contributed by atoms with Crippen LogP contribution in [0.3, 0.4) is 0 Å². The number of carbonyl (C=O) groups excluding carboxylic acids is 1. The molecule has 4 aromatic carbocycles. The monoisotopic (exact) mass is 723 g/mol. The van der Waals surface area contributed by atoms with Crippen LogP contribution in [-0.2, 0) is 30.9 Å². The van der Waals surface area contributed by atoms with Crippen LogP contribution in [0.4, 0.5) is 26.3 Å². The zero-order valence-corrected chi connectivity index (χ0v) is 28.3. The van der Waals surface area contributed by atoms with Crippen LogP contribution in [0, 0.1) is 12.7 Å². The number of alkyl halides is 5. The Morgan fingerprint density at radius 1 is 0.942 bits per heavy atom. The molecule has 0 bridgehead atoms. The zero-order valence-electron chi connectivity index (χ0n) is 28.3. The Morgan fingerprint density at radius 3 is 2.29 bits per heavy atom. The van der Waals surface area contributed by atoms with Gasteiger partial charge in [0.25, 0.3) is 17.4 Å². The number of amides is 1. The summed E-state index contributed by atoms with van der Waals surface area (Å²) in [5.41, 5.74) is -1.65. The Kier molecular flexibility index (Phi) is 9.93. The number of hydrogen-bond donors (Lipinski definition) is 2. The van der Waals surface area contributed by atoms with E-state index < -0.39 is 52.5 Å². The predicted octanol–water partition coefficient (Wildman–Crippen LogP) is 7.52. The number of piperidine rings is 1. The maximum absolute atomic E-state index is 15.2. The standard InChI is InChI=1S/C39H35F6N3O4/c1-22-6-3-11-29(40)32(22)35(49)46-30(37(51)52)21-24-7-4-9-26-25(24)8-5-10-27(26)33-34(39(43,44)45)28-20-23(12-13-31(28)47(2)36(33)50)14-17-48-18-15-38(41,42)16-19-48/h3-13,20,30H,14-19,21H2,1-2H3,(H,46,49)(H,51,52)/t30-/m0/s1. The minimum Gasteiger partial charge on any atom is -0.480 e. The van der Waals surface area contributed by atoms with Crippen molar-refractivity contribution in [2.75, 3.05) is 19.6 Å². The van der Waals surface area contributed by atoms with Crippen LogP contribution in [0.5, 0.6) is 0 Å². The average molecular weight is 724 g/mol. The molecule has 5 aromatic rings. The summed E-state index contributed by atoms with van der Waals surface area (Å²) in [6.45, 7) is 2.25. The minimum atomic E-state index is -4.97. The highest BCUT2D eigenvalue weighted by Crippen LogP contribution is 2.42. The van der Waals surface area contributed by atoms with Gasteiger partial charge in [0, 0.05) is 51.3 Å². The van der Waals surface area contributed by atoms with E-state index in [4.69, 9.17) is 0 Å². The number of aryl methyl sites for hydroxylation is 2. The smallest absolute Gasteiger partial charge is 0.417 e. The maximum atomic E-state index is 15.2. The fourth-order valence-corrected chi connectivity index (χ4v) is 7.03. The van der Waals surface area contributed by atoms with E-state index in [0.717, 1.165) is 10.6 Å². The number of carboxylic acid groups (broad SMARTS) is 1. The maximum Gasteiger partial charge on any atom is 0.417 e. The van der Waals surface area contributed by atoms with E-state index in [9.17, 15) is 32.7 Å². The summed E-state index contributed by atoms with van der Waals surface area (Å²) in [6.07, 6.45) is -5.51. The van der Waals surface area contributed by atoms with Gasteiger partial charge >= 0.3 is 12.1 Å². The topological polar surface area (TPSA) is 91.6 Å². The molecule has 6 rings (SSSR count). The van der Waals surface area contributed by atoms with Crippen molar-refractivity contribution in [3.63, 3.8) is 0 Å². The van der Waals surface area contributed by atoms with E-state index in [1.807, 2.05) is 4.90 Å². The number of carbonyl (C=O) groups is 2. The van der Waals surface area contributed by atoms with E-state index in [1.165, 1.54) is 62.5 Å². The van der Waals surface area contributed by atoms with Crippen molar-refractivity contribution in [3.05, 3.63) is 117 Å². The quantitative estimate of drug-likeness (QED) is 0.154. The van der Waals surface area contributed by atoms with Gasteiger partial charge in [-0.15, -0.1) is 0 Å². The number of aromatic nitrogens is 1. The summed E-state index contributed by atoms with van der Waals surface area (Å²) in [4.78, 5) is 41.0. The summed E-state index contributed by atoms with van der Waals surface area (Å²) in [7, 11) is 1.38.